The number of nitrogens with zero attached hydrogens (tertiary/aromatic N) is 3. The predicted molar refractivity (Wildman–Crippen MR) is 142 cm³/mol. The molecular weight excluding hydrogens is 470 g/mol. The summed E-state index contributed by atoms with van der Waals surface area (Å²) in [6.07, 6.45) is 3.56. The number of morpholine rings is 1. The number of piperidine rings is 1. The fourth-order valence-corrected chi connectivity index (χ4v) is 6.97. The number of halogens is 1. The molecule has 0 saturated carbocycles. The van der Waals surface area contributed by atoms with E-state index in [2.05, 4.69) is 35.8 Å². The number of Topliss-reactive ketones (excluding diaryl/α,β-unsaturated/α-hetero) is 1. The molecule has 2 aromatic rings. The summed E-state index contributed by atoms with van der Waals surface area (Å²) in [6, 6.07) is 12.8. The Bertz CT molecular complexity index is 1310. The number of carbonyl (C=O) groups excluding carboxylic acids is 1. The van der Waals surface area contributed by atoms with E-state index < -0.39 is 0 Å². The fraction of sp³-hybridized carbons (Fsp3) is 0.467. The van der Waals surface area contributed by atoms with Crippen molar-refractivity contribution in [1.29, 1.82) is 5.26 Å². The summed E-state index contributed by atoms with van der Waals surface area (Å²) in [5.41, 5.74) is 7.64. The molecule has 0 radical (unpaired) electrons. The Morgan fingerprint density at radius 1 is 1.03 bits per heavy atom. The zero-order chi connectivity index (χ0) is 25.0. The van der Waals surface area contributed by atoms with Gasteiger partial charge < -0.3 is 9.64 Å². The first-order chi connectivity index (χ1) is 17.4. The number of carbonyl (C=O) groups is 1. The number of hydrogen-bond donors (Lipinski definition) is 0. The van der Waals surface area contributed by atoms with Crippen LogP contribution in [0.4, 0.5) is 5.69 Å². The maximum atomic E-state index is 13.7. The van der Waals surface area contributed by atoms with Gasteiger partial charge in [0, 0.05) is 55.2 Å². The Labute approximate surface area is 218 Å². The molecule has 5 nitrogen and oxygen atoms in total. The summed E-state index contributed by atoms with van der Waals surface area (Å²) >= 11 is 6.86. The highest BCUT2D eigenvalue weighted by Crippen LogP contribution is 2.48. The van der Waals surface area contributed by atoms with Gasteiger partial charge in [0.05, 0.1) is 35.6 Å². The predicted octanol–water partition coefficient (Wildman–Crippen LogP) is 5.08. The molecule has 6 rings (SSSR count). The fourth-order valence-electron chi connectivity index (χ4n) is 6.69. The van der Waals surface area contributed by atoms with E-state index in [0.29, 0.717) is 29.5 Å². The Hall–Kier alpha value is -2.65. The summed E-state index contributed by atoms with van der Waals surface area (Å²) in [7, 11) is 0. The normalized spacial score (nSPS) is 22.1. The van der Waals surface area contributed by atoms with Gasteiger partial charge in [-0.25, -0.2) is 0 Å². The van der Waals surface area contributed by atoms with Crippen LogP contribution in [0, 0.1) is 11.3 Å². The van der Waals surface area contributed by atoms with E-state index in [1.807, 2.05) is 24.3 Å². The lowest BCUT2D eigenvalue weighted by molar-refractivity contribution is 0.0115. The van der Waals surface area contributed by atoms with E-state index in [0.717, 1.165) is 85.7 Å². The molecule has 0 aromatic heterocycles. The highest BCUT2D eigenvalue weighted by atomic mass is 35.5. The van der Waals surface area contributed by atoms with Gasteiger partial charge in [-0.1, -0.05) is 31.5 Å². The maximum Gasteiger partial charge on any atom is 0.189 e. The number of nitriles is 1. The van der Waals surface area contributed by atoms with Crippen LogP contribution in [-0.2, 0) is 23.0 Å². The smallest absolute Gasteiger partial charge is 0.189 e. The van der Waals surface area contributed by atoms with Gasteiger partial charge in [-0.3, -0.25) is 9.69 Å². The molecule has 2 aliphatic heterocycles. The number of ether oxygens (including phenoxy) is 1. The number of allylic oxidation sites excluding steroid dienone is 2. The summed E-state index contributed by atoms with van der Waals surface area (Å²) in [5.74, 6) is 0.105. The molecule has 2 fully saturated rings. The summed E-state index contributed by atoms with van der Waals surface area (Å²) in [5, 5.41) is 10.0. The van der Waals surface area contributed by atoms with Gasteiger partial charge in [-0.2, -0.15) is 5.26 Å². The first-order valence-electron chi connectivity index (χ1n) is 13.1. The van der Waals surface area contributed by atoms with Crippen LogP contribution in [0.2, 0.25) is 5.02 Å². The highest BCUT2D eigenvalue weighted by molar-refractivity contribution is 6.34. The third-order valence-corrected chi connectivity index (χ3v) is 9.14. The van der Waals surface area contributed by atoms with Gasteiger partial charge >= 0.3 is 0 Å². The number of ketones is 1. The van der Waals surface area contributed by atoms with Crippen LogP contribution in [0.25, 0.3) is 0 Å². The molecular formula is C30H32ClN3O2. The molecule has 2 saturated heterocycles. The second-order valence-electron chi connectivity index (χ2n) is 11.1. The van der Waals surface area contributed by atoms with Crippen LogP contribution in [0.3, 0.4) is 0 Å². The van der Waals surface area contributed by atoms with E-state index in [9.17, 15) is 10.1 Å². The third kappa shape index (κ3) is 3.87. The lowest BCUT2D eigenvalue weighted by atomic mass is 9.63. The van der Waals surface area contributed by atoms with Crippen LogP contribution >= 0.6 is 11.6 Å². The molecule has 0 bridgehead atoms. The zero-order valence-electron chi connectivity index (χ0n) is 21.1. The van der Waals surface area contributed by atoms with Gasteiger partial charge in [-0.15, -0.1) is 0 Å². The van der Waals surface area contributed by atoms with Crippen molar-refractivity contribution in [3.05, 3.63) is 74.3 Å². The van der Waals surface area contributed by atoms with Gasteiger partial charge in [0.15, 0.2) is 5.78 Å². The largest absolute Gasteiger partial charge is 0.379 e. The molecule has 0 N–H and O–H groups in total. The Balaban J connectivity index is 1.30. The minimum absolute atomic E-state index is 0.105. The number of anilines is 1. The van der Waals surface area contributed by atoms with Crippen molar-refractivity contribution >= 4 is 23.1 Å². The lowest BCUT2D eigenvalue weighted by Gasteiger charge is -2.42. The summed E-state index contributed by atoms with van der Waals surface area (Å²) < 4.78 is 5.53. The molecule has 2 aromatic carbocycles. The van der Waals surface area contributed by atoms with Crippen molar-refractivity contribution in [2.45, 2.75) is 51.0 Å². The minimum atomic E-state index is -0.287. The first-order valence-corrected chi connectivity index (χ1v) is 13.4. The van der Waals surface area contributed by atoms with Crippen molar-refractivity contribution in [3.8, 4) is 6.07 Å². The number of fused-ring (bicyclic) bond motifs is 2. The van der Waals surface area contributed by atoms with Crippen molar-refractivity contribution in [3.63, 3.8) is 0 Å². The molecule has 0 amide bonds. The van der Waals surface area contributed by atoms with Gasteiger partial charge in [0.25, 0.3) is 0 Å². The number of rotatable bonds is 2. The topological polar surface area (TPSA) is 56.6 Å². The molecule has 6 heteroatoms. The maximum absolute atomic E-state index is 13.7. The van der Waals surface area contributed by atoms with Crippen molar-refractivity contribution in [2.75, 3.05) is 44.3 Å². The second-order valence-corrected chi connectivity index (χ2v) is 11.5. The molecule has 0 atom stereocenters. The molecule has 2 heterocycles. The van der Waals surface area contributed by atoms with Gasteiger partial charge in [-0.05, 0) is 65.8 Å². The molecule has 186 valence electrons. The molecule has 2 aliphatic carbocycles. The average Bonchev–Trinajstić information content (AvgIpc) is 2.91. The van der Waals surface area contributed by atoms with Crippen LogP contribution in [0.5, 0.6) is 0 Å². The quantitative estimate of drug-likeness (QED) is 0.574. The first kappa shape index (κ1) is 23.7. The summed E-state index contributed by atoms with van der Waals surface area (Å²) in [4.78, 5) is 18.7. The van der Waals surface area contributed by atoms with E-state index in [1.165, 1.54) is 5.57 Å². The number of benzene rings is 2. The van der Waals surface area contributed by atoms with Crippen LogP contribution in [0.1, 0.15) is 59.3 Å². The monoisotopic (exact) mass is 501 g/mol. The van der Waals surface area contributed by atoms with Crippen LogP contribution < -0.4 is 4.90 Å². The zero-order valence-corrected chi connectivity index (χ0v) is 21.8. The van der Waals surface area contributed by atoms with Gasteiger partial charge in [0.1, 0.15) is 0 Å². The van der Waals surface area contributed by atoms with Crippen LogP contribution in [0.15, 0.2) is 41.5 Å². The van der Waals surface area contributed by atoms with Crippen molar-refractivity contribution in [1.82, 2.24) is 4.90 Å². The molecule has 36 heavy (non-hydrogen) atoms. The molecule has 4 aliphatic rings. The SMILES string of the molecule is CC1(C)C2=C(Cc3ccc(C#N)cc3C2)C(=O)c2cc(Cl)c(N3CCC(N4CCOCC4)CC3)cc21. The Kier molecular flexibility index (Phi) is 5.95. The van der Waals surface area contributed by atoms with Crippen molar-refractivity contribution in [2.24, 2.45) is 0 Å². The van der Waals surface area contributed by atoms with E-state index in [4.69, 9.17) is 16.3 Å². The van der Waals surface area contributed by atoms with Crippen molar-refractivity contribution < 1.29 is 9.53 Å². The van der Waals surface area contributed by atoms with E-state index >= 15 is 0 Å². The number of hydrogen-bond acceptors (Lipinski definition) is 5. The highest BCUT2D eigenvalue weighted by Gasteiger charge is 2.41. The average molecular weight is 502 g/mol. The Morgan fingerprint density at radius 3 is 2.50 bits per heavy atom. The third-order valence-electron chi connectivity index (χ3n) is 8.83. The lowest BCUT2D eigenvalue weighted by Crippen LogP contribution is -2.49. The van der Waals surface area contributed by atoms with E-state index in [-0.39, 0.29) is 11.2 Å². The summed E-state index contributed by atoms with van der Waals surface area (Å²) in [6.45, 7) is 10.1. The van der Waals surface area contributed by atoms with Crippen LogP contribution in [-0.4, -0.2) is 56.1 Å². The second kappa shape index (κ2) is 9.03. The van der Waals surface area contributed by atoms with E-state index in [1.54, 1.807) is 0 Å². The Morgan fingerprint density at radius 2 is 1.78 bits per heavy atom. The molecule has 0 unspecified atom stereocenters. The van der Waals surface area contributed by atoms with Gasteiger partial charge in [0.2, 0.25) is 0 Å². The standard InChI is InChI=1S/C30H32ClN3O2/c1-30(2)25-15-21-13-19(18-32)3-4-20(21)14-23(25)29(35)24-16-27(31)28(17-26(24)30)34-7-5-22(6-8-34)33-9-11-36-12-10-33/h3-4,13,16-17,22H,5-12,14-15H2,1-2H3. The molecule has 0 spiro atoms. The minimum Gasteiger partial charge on any atom is -0.379 e.